The number of hydrogen-bond donors (Lipinski definition) is 0. The van der Waals surface area contributed by atoms with Gasteiger partial charge < -0.3 is 4.74 Å². The largest absolute Gasteiger partial charge is 0.454 e. The summed E-state index contributed by atoms with van der Waals surface area (Å²) in [6.45, 7) is 7.57. The molecule has 0 unspecified atom stereocenters. The Bertz CT molecular complexity index is 917. The van der Waals surface area contributed by atoms with Gasteiger partial charge in [0, 0.05) is 5.41 Å². The number of ether oxygens (including phenoxy) is 1. The zero-order valence-electron chi connectivity index (χ0n) is 14.8. The van der Waals surface area contributed by atoms with Crippen LogP contribution in [0.2, 0.25) is 0 Å². The van der Waals surface area contributed by atoms with E-state index in [0.717, 1.165) is 4.52 Å². The van der Waals surface area contributed by atoms with Gasteiger partial charge in [-0.15, -0.1) is 0 Å². The van der Waals surface area contributed by atoms with Crippen LogP contribution in [0.25, 0.3) is 5.65 Å². The van der Waals surface area contributed by atoms with Gasteiger partial charge in [0.05, 0.1) is 6.20 Å². The monoisotopic (exact) mass is 348 g/mol. The number of aromatic nitrogens is 4. The number of fused-ring (bicyclic) bond motifs is 1. The molecule has 0 N–H and O–H groups in total. The normalized spacial score (nSPS) is 11.6. The second kappa shape index (κ2) is 6.58. The third kappa shape index (κ3) is 3.81. The minimum absolute atomic E-state index is 0.0347. The molecule has 0 saturated heterocycles. The maximum atomic E-state index is 12.6. The number of hydrogen-bond acceptors (Lipinski definition) is 7. The van der Waals surface area contributed by atoms with Gasteiger partial charge in [-0.1, -0.05) is 20.8 Å². The van der Waals surface area contributed by atoms with E-state index in [0.29, 0.717) is 0 Å². The summed E-state index contributed by atoms with van der Waals surface area (Å²) in [5.74, 6) is -1.34. The maximum Gasteiger partial charge on any atom is 0.344 e. The standard InChI is InChI=1S/C16H20N4O5/c1-9(21)7-19-13-11(15(24)25-8-10(2)22)6-17-20(13)14(23)12(18-19)16(3,4)5/h6H,7-8H2,1-5H3. The zero-order valence-corrected chi connectivity index (χ0v) is 14.8. The van der Waals surface area contributed by atoms with Crippen molar-refractivity contribution < 1.29 is 19.1 Å². The van der Waals surface area contributed by atoms with Crippen molar-refractivity contribution >= 4 is 23.2 Å². The molecule has 0 aliphatic heterocycles. The number of carbonyl (C=O) groups excluding carboxylic acids is 3. The molecule has 2 aromatic rings. The van der Waals surface area contributed by atoms with Crippen LogP contribution in [0.1, 0.15) is 50.7 Å². The Morgan fingerprint density at radius 1 is 1.16 bits per heavy atom. The lowest BCUT2D eigenvalue weighted by Gasteiger charge is -2.18. The van der Waals surface area contributed by atoms with E-state index in [1.54, 1.807) is 0 Å². The first kappa shape index (κ1) is 18.5. The molecule has 0 amide bonds. The lowest BCUT2D eigenvalue weighted by atomic mass is 9.93. The minimum atomic E-state index is -0.813. The van der Waals surface area contributed by atoms with E-state index in [2.05, 4.69) is 10.2 Å². The Balaban J connectivity index is 2.70. The molecule has 2 rings (SSSR count). The molecule has 0 aliphatic carbocycles. The lowest BCUT2D eigenvalue weighted by Crippen LogP contribution is -2.34. The van der Waals surface area contributed by atoms with Gasteiger partial charge in [-0.25, -0.2) is 9.48 Å². The molecule has 0 bridgehead atoms. The predicted octanol–water partition coefficient (Wildman–Crippen LogP) is 0.523. The molecular formula is C16H20N4O5. The maximum absolute atomic E-state index is 12.6. The molecular weight excluding hydrogens is 328 g/mol. The quantitative estimate of drug-likeness (QED) is 0.724. The van der Waals surface area contributed by atoms with Crippen LogP contribution < -0.4 is 5.56 Å². The number of nitrogens with zero attached hydrogens (tertiary/aromatic N) is 4. The highest BCUT2D eigenvalue weighted by atomic mass is 16.5. The van der Waals surface area contributed by atoms with Gasteiger partial charge in [-0.05, 0) is 13.8 Å². The van der Waals surface area contributed by atoms with Crippen molar-refractivity contribution in [3.05, 3.63) is 27.8 Å². The number of Topliss-reactive ketones (excluding diaryl/α,β-unsaturated/α-hetero) is 2. The van der Waals surface area contributed by atoms with Crippen molar-refractivity contribution in [3.63, 3.8) is 0 Å². The molecule has 0 saturated carbocycles. The summed E-state index contributed by atoms with van der Waals surface area (Å²) < 4.78 is 7.18. The molecule has 0 aromatic carbocycles. The summed E-state index contributed by atoms with van der Waals surface area (Å²) in [6, 6.07) is 0. The fourth-order valence-corrected chi connectivity index (χ4v) is 2.23. The fraction of sp³-hybridized carbons (Fsp3) is 0.500. The van der Waals surface area contributed by atoms with E-state index >= 15 is 0 Å². The molecule has 2 heterocycles. The first-order chi connectivity index (χ1) is 11.5. The van der Waals surface area contributed by atoms with Gasteiger partial charge in [0.25, 0.3) is 5.56 Å². The van der Waals surface area contributed by atoms with Gasteiger partial charge in [0.15, 0.2) is 17.2 Å². The third-order valence-corrected chi connectivity index (χ3v) is 3.31. The van der Waals surface area contributed by atoms with E-state index in [1.807, 2.05) is 20.8 Å². The highest BCUT2D eigenvalue weighted by Crippen LogP contribution is 2.18. The topological polar surface area (TPSA) is 113 Å². The highest BCUT2D eigenvalue weighted by molar-refractivity contribution is 5.97. The average Bonchev–Trinajstić information content (AvgIpc) is 2.91. The number of rotatable bonds is 5. The SMILES string of the molecule is CC(=O)COC(=O)c1cnn2c(=O)c(C(C)(C)C)nn(CC(C)=O)c12. The molecule has 0 spiro atoms. The van der Waals surface area contributed by atoms with Gasteiger partial charge >= 0.3 is 5.97 Å². The Morgan fingerprint density at radius 2 is 1.80 bits per heavy atom. The molecule has 0 atom stereocenters. The van der Waals surface area contributed by atoms with Crippen LogP contribution in [0.4, 0.5) is 0 Å². The molecule has 25 heavy (non-hydrogen) atoms. The van der Waals surface area contributed by atoms with Gasteiger partial charge in [-0.3, -0.25) is 14.4 Å². The second-order valence-corrected chi connectivity index (χ2v) is 6.84. The zero-order chi connectivity index (χ0) is 18.9. The summed E-state index contributed by atoms with van der Waals surface area (Å²) in [5.41, 5.74) is -0.819. The van der Waals surface area contributed by atoms with Crippen LogP contribution in [0.15, 0.2) is 11.0 Å². The summed E-state index contributed by atoms with van der Waals surface area (Å²) in [5, 5.41) is 8.22. The highest BCUT2D eigenvalue weighted by Gasteiger charge is 2.27. The first-order valence-corrected chi connectivity index (χ1v) is 7.67. The van der Waals surface area contributed by atoms with Crippen LogP contribution in [0.5, 0.6) is 0 Å². The number of esters is 1. The molecule has 0 fully saturated rings. The molecule has 9 nitrogen and oxygen atoms in total. The first-order valence-electron chi connectivity index (χ1n) is 7.67. The Hall–Kier alpha value is -2.84. The van der Waals surface area contributed by atoms with Crippen molar-refractivity contribution in [3.8, 4) is 0 Å². The summed E-state index contributed by atoms with van der Waals surface area (Å²) in [4.78, 5) is 47.4. The van der Waals surface area contributed by atoms with Crippen LogP contribution in [0, 0.1) is 0 Å². The van der Waals surface area contributed by atoms with E-state index in [-0.39, 0.29) is 41.6 Å². The molecule has 9 heteroatoms. The van der Waals surface area contributed by atoms with Crippen molar-refractivity contribution in [2.45, 2.75) is 46.6 Å². The van der Waals surface area contributed by atoms with Crippen molar-refractivity contribution in [2.24, 2.45) is 0 Å². The van der Waals surface area contributed by atoms with Crippen LogP contribution >= 0.6 is 0 Å². The Kier molecular flexibility index (Phi) is 4.87. The molecule has 134 valence electrons. The van der Waals surface area contributed by atoms with Gasteiger partial charge in [0.1, 0.15) is 24.4 Å². The van der Waals surface area contributed by atoms with Crippen LogP contribution in [-0.2, 0) is 26.3 Å². The fourth-order valence-electron chi connectivity index (χ4n) is 2.23. The molecule has 0 aliphatic rings. The average molecular weight is 348 g/mol. The van der Waals surface area contributed by atoms with Crippen molar-refractivity contribution in [2.75, 3.05) is 6.61 Å². The summed E-state index contributed by atoms with van der Waals surface area (Å²) in [7, 11) is 0. The van der Waals surface area contributed by atoms with E-state index in [1.165, 1.54) is 24.7 Å². The minimum Gasteiger partial charge on any atom is -0.454 e. The van der Waals surface area contributed by atoms with Crippen LogP contribution in [0.3, 0.4) is 0 Å². The molecule has 0 radical (unpaired) electrons. The van der Waals surface area contributed by atoms with E-state index in [9.17, 15) is 19.2 Å². The molecule has 2 aromatic heterocycles. The van der Waals surface area contributed by atoms with Crippen LogP contribution in [-0.4, -0.2) is 43.5 Å². The number of ketones is 2. The van der Waals surface area contributed by atoms with Gasteiger partial charge in [0.2, 0.25) is 0 Å². The predicted molar refractivity (Wildman–Crippen MR) is 87.6 cm³/mol. The van der Waals surface area contributed by atoms with Crippen molar-refractivity contribution in [1.82, 2.24) is 19.4 Å². The summed E-state index contributed by atoms with van der Waals surface area (Å²) in [6.07, 6.45) is 1.17. The number of carbonyl (C=O) groups is 3. The van der Waals surface area contributed by atoms with Gasteiger partial charge in [-0.2, -0.15) is 14.7 Å². The Morgan fingerprint density at radius 3 is 2.32 bits per heavy atom. The second-order valence-electron chi connectivity index (χ2n) is 6.84. The summed E-state index contributed by atoms with van der Waals surface area (Å²) >= 11 is 0. The van der Waals surface area contributed by atoms with E-state index in [4.69, 9.17) is 4.74 Å². The smallest absolute Gasteiger partial charge is 0.344 e. The Labute approximate surface area is 143 Å². The van der Waals surface area contributed by atoms with E-state index < -0.39 is 16.9 Å². The van der Waals surface area contributed by atoms with Crippen molar-refractivity contribution in [1.29, 1.82) is 0 Å². The lowest BCUT2D eigenvalue weighted by molar-refractivity contribution is -0.120. The third-order valence-electron chi connectivity index (χ3n) is 3.31.